The van der Waals surface area contributed by atoms with Crippen LogP contribution in [0.3, 0.4) is 0 Å². The number of para-hydroxylation sites is 3. The Bertz CT molecular complexity index is 1590. The minimum Gasteiger partial charge on any atom is -0.493 e. The zero-order valence-electron chi connectivity index (χ0n) is 18.8. The molecule has 0 unspecified atom stereocenters. The molecule has 5 rings (SSSR count). The summed E-state index contributed by atoms with van der Waals surface area (Å²) < 4.78 is 3.06. The Morgan fingerprint density at radius 1 is 1.00 bits per heavy atom. The monoisotopic (exact) mass is 467 g/mol. The van der Waals surface area contributed by atoms with E-state index in [0.29, 0.717) is 34.5 Å². The van der Waals surface area contributed by atoms with Crippen LogP contribution in [0, 0.1) is 0 Å². The molecule has 10 nitrogen and oxygen atoms in total. The van der Waals surface area contributed by atoms with Gasteiger partial charge in [-0.15, -0.1) is 10.2 Å². The van der Waals surface area contributed by atoms with E-state index in [9.17, 15) is 14.7 Å². The van der Waals surface area contributed by atoms with E-state index < -0.39 is 11.9 Å². The molecule has 35 heavy (non-hydrogen) atoms. The topological polar surface area (TPSA) is 127 Å². The lowest BCUT2D eigenvalue weighted by Gasteiger charge is -2.08. The lowest BCUT2D eigenvalue weighted by atomic mass is 10.2. The number of benzene rings is 2. The van der Waals surface area contributed by atoms with Crippen LogP contribution in [0.2, 0.25) is 0 Å². The molecule has 0 aliphatic carbocycles. The second-order valence-electron chi connectivity index (χ2n) is 7.66. The molecule has 2 amide bonds. The van der Waals surface area contributed by atoms with Crippen molar-refractivity contribution in [3.05, 3.63) is 72.9 Å². The van der Waals surface area contributed by atoms with Crippen LogP contribution in [0.15, 0.2) is 83.2 Å². The number of aromatic hydroxyl groups is 1. The van der Waals surface area contributed by atoms with Crippen LogP contribution in [0.4, 0.5) is 10.5 Å². The number of aryl methyl sites for hydroxylation is 1. The number of nitrogens with zero attached hydrogens (tertiary/aromatic N) is 6. The van der Waals surface area contributed by atoms with E-state index in [1.54, 1.807) is 53.2 Å². The van der Waals surface area contributed by atoms with E-state index in [-0.39, 0.29) is 18.1 Å². The van der Waals surface area contributed by atoms with Gasteiger partial charge in [-0.3, -0.25) is 9.78 Å². The fraction of sp³-hybridized carbons (Fsp3) is 0.120. The molecule has 3 heterocycles. The molecule has 174 valence electrons. The van der Waals surface area contributed by atoms with Crippen molar-refractivity contribution in [2.75, 3.05) is 6.54 Å². The van der Waals surface area contributed by atoms with Gasteiger partial charge in [0.15, 0.2) is 11.5 Å². The highest BCUT2D eigenvalue weighted by molar-refractivity contribution is 5.96. The van der Waals surface area contributed by atoms with Crippen molar-refractivity contribution in [2.24, 2.45) is 10.2 Å². The zero-order chi connectivity index (χ0) is 24.4. The van der Waals surface area contributed by atoms with Gasteiger partial charge in [0, 0.05) is 18.1 Å². The number of imidazole rings is 1. The Labute approximate surface area is 199 Å². The number of pyridine rings is 1. The number of rotatable bonds is 5. The summed E-state index contributed by atoms with van der Waals surface area (Å²) in [6, 6.07) is 19.3. The number of fused-ring (bicyclic) bond motifs is 2. The van der Waals surface area contributed by atoms with Crippen LogP contribution in [-0.2, 0) is 11.3 Å². The number of carbonyl (C=O) groups excluding carboxylic acids is 2. The third-order valence-electron chi connectivity index (χ3n) is 5.54. The van der Waals surface area contributed by atoms with Crippen LogP contribution in [-0.4, -0.2) is 42.7 Å². The van der Waals surface area contributed by atoms with Gasteiger partial charge in [0.25, 0.3) is 5.91 Å². The fourth-order valence-electron chi connectivity index (χ4n) is 3.96. The Balaban J connectivity index is 1.37. The van der Waals surface area contributed by atoms with Crippen molar-refractivity contribution in [1.29, 1.82) is 0 Å². The van der Waals surface area contributed by atoms with E-state index in [2.05, 4.69) is 25.5 Å². The van der Waals surface area contributed by atoms with Crippen LogP contribution < -0.4 is 5.32 Å². The van der Waals surface area contributed by atoms with Gasteiger partial charge < -0.3 is 15.0 Å². The highest BCUT2D eigenvalue weighted by atomic mass is 16.3. The molecule has 0 spiro atoms. The normalized spacial score (nSPS) is 11.5. The minimum atomic E-state index is -0.671. The van der Waals surface area contributed by atoms with Crippen molar-refractivity contribution in [3.63, 3.8) is 0 Å². The second kappa shape index (κ2) is 9.18. The largest absolute Gasteiger partial charge is 0.493 e. The van der Waals surface area contributed by atoms with Crippen LogP contribution in [0.5, 0.6) is 5.88 Å². The van der Waals surface area contributed by atoms with Crippen LogP contribution >= 0.6 is 0 Å². The van der Waals surface area contributed by atoms with Crippen molar-refractivity contribution in [2.45, 2.75) is 13.5 Å². The van der Waals surface area contributed by atoms with Gasteiger partial charge in [0.05, 0.1) is 16.6 Å². The second-order valence-corrected chi connectivity index (χ2v) is 7.66. The molecule has 0 saturated heterocycles. The molecular formula is C25H21N7O3. The van der Waals surface area contributed by atoms with Crippen molar-refractivity contribution < 1.29 is 14.7 Å². The highest BCUT2D eigenvalue weighted by Crippen LogP contribution is 2.38. The molecule has 0 atom stereocenters. The first-order valence-corrected chi connectivity index (χ1v) is 11.0. The van der Waals surface area contributed by atoms with Gasteiger partial charge in [-0.25, -0.2) is 14.3 Å². The maximum Gasteiger partial charge on any atom is 0.328 e. The SMILES string of the molecule is CCn1c(O)c(N=NC(=O)CNC(=O)n2c(-c3ccccn3)nc3ccccc32)c2ccccc21. The standard InChI is InChI=1S/C25H21N7O3/c1-2-31-19-12-5-3-9-16(19)22(24(31)34)30-29-21(33)15-27-25(35)32-20-13-6-4-10-17(20)28-23(32)18-11-7-8-14-26-18/h3-14,34H,2,15H2,1H3,(H,27,35). The Morgan fingerprint density at radius 2 is 1.74 bits per heavy atom. The molecule has 2 aromatic carbocycles. The third-order valence-corrected chi connectivity index (χ3v) is 5.54. The molecule has 0 saturated carbocycles. The Kier molecular flexibility index (Phi) is 5.76. The quantitative estimate of drug-likeness (QED) is 0.364. The van der Waals surface area contributed by atoms with Gasteiger partial charge in [-0.1, -0.05) is 36.4 Å². The first-order chi connectivity index (χ1) is 17.1. The maximum atomic E-state index is 13.1. The summed E-state index contributed by atoms with van der Waals surface area (Å²) in [5.74, 6) is -0.385. The molecule has 0 fully saturated rings. The van der Waals surface area contributed by atoms with E-state index in [0.717, 1.165) is 5.52 Å². The maximum absolute atomic E-state index is 13.1. The van der Waals surface area contributed by atoms with Crippen LogP contribution in [0.25, 0.3) is 33.5 Å². The van der Waals surface area contributed by atoms with E-state index in [1.807, 2.05) is 31.2 Å². The van der Waals surface area contributed by atoms with E-state index >= 15 is 0 Å². The average molecular weight is 467 g/mol. The molecule has 2 N–H and O–H groups in total. The van der Waals surface area contributed by atoms with Crippen molar-refractivity contribution in [1.82, 2.24) is 24.4 Å². The number of nitrogens with one attached hydrogen (secondary N) is 1. The highest BCUT2D eigenvalue weighted by Gasteiger charge is 2.20. The summed E-state index contributed by atoms with van der Waals surface area (Å²) in [6.07, 6.45) is 1.62. The number of amides is 2. The Hall–Kier alpha value is -4.86. The lowest BCUT2D eigenvalue weighted by Crippen LogP contribution is -2.32. The van der Waals surface area contributed by atoms with Gasteiger partial charge in [0.2, 0.25) is 5.88 Å². The molecule has 3 aromatic heterocycles. The molecule has 0 aliphatic rings. The summed E-state index contributed by atoms with van der Waals surface area (Å²) in [6.45, 7) is 2.04. The van der Waals surface area contributed by atoms with Crippen molar-refractivity contribution >= 4 is 39.6 Å². The molecule has 5 aromatic rings. The summed E-state index contributed by atoms with van der Waals surface area (Å²) in [7, 11) is 0. The van der Waals surface area contributed by atoms with E-state index in [4.69, 9.17) is 0 Å². The smallest absolute Gasteiger partial charge is 0.328 e. The van der Waals surface area contributed by atoms with Gasteiger partial charge >= 0.3 is 6.03 Å². The van der Waals surface area contributed by atoms with E-state index in [1.165, 1.54) is 4.57 Å². The van der Waals surface area contributed by atoms with Crippen molar-refractivity contribution in [3.8, 4) is 17.4 Å². The van der Waals surface area contributed by atoms with Gasteiger partial charge in [-0.2, -0.15) is 0 Å². The van der Waals surface area contributed by atoms with Gasteiger partial charge in [0.1, 0.15) is 12.2 Å². The summed E-state index contributed by atoms with van der Waals surface area (Å²) in [5, 5.41) is 21.5. The number of azo groups is 1. The molecular weight excluding hydrogens is 446 g/mol. The third kappa shape index (κ3) is 4.01. The van der Waals surface area contributed by atoms with Crippen LogP contribution in [0.1, 0.15) is 6.92 Å². The molecule has 0 radical (unpaired) electrons. The summed E-state index contributed by atoms with van der Waals surface area (Å²) >= 11 is 0. The number of hydrogen-bond donors (Lipinski definition) is 2. The summed E-state index contributed by atoms with van der Waals surface area (Å²) in [4.78, 5) is 34.3. The molecule has 10 heteroatoms. The van der Waals surface area contributed by atoms with Gasteiger partial charge in [-0.05, 0) is 37.3 Å². The average Bonchev–Trinajstić information content (AvgIpc) is 3.41. The molecule has 0 bridgehead atoms. The number of hydrogen-bond acceptors (Lipinski definition) is 6. The fourth-order valence-corrected chi connectivity index (χ4v) is 3.96. The predicted molar refractivity (Wildman–Crippen MR) is 131 cm³/mol. The summed E-state index contributed by atoms with van der Waals surface area (Å²) in [5.41, 5.74) is 2.72. The predicted octanol–water partition coefficient (Wildman–Crippen LogP) is 4.65. The first-order valence-electron chi connectivity index (χ1n) is 11.0. The first kappa shape index (κ1) is 22.0. The number of aromatic nitrogens is 4. The molecule has 0 aliphatic heterocycles. The Morgan fingerprint density at radius 3 is 2.51 bits per heavy atom. The lowest BCUT2D eigenvalue weighted by molar-refractivity contribution is -0.117. The number of carbonyl (C=O) groups is 2. The zero-order valence-corrected chi connectivity index (χ0v) is 18.8. The minimum absolute atomic E-state index is 0.0702.